The number of nitrogen functional groups attached to an aromatic ring is 1. The lowest BCUT2D eigenvalue weighted by molar-refractivity contribution is 0.462. The fraction of sp³-hybridized carbons (Fsp3) is 0.0769. The van der Waals surface area contributed by atoms with E-state index < -0.39 is 0 Å². The number of ether oxygens (including phenoxy) is 1. The Balaban J connectivity index is 2.02. The highest BCUT2D eigenvalue weighted by atomic mass is 16.5. The van der Waals surface area contributed by atoms with Crippen molar-refractivity contribution in [2.75, 3.05) is 5.73 Å². The van der Waals surface area contributed by atoms with Crippen LogP contribution < -0.4 is 16.2 Å². The largest absolute Gasteiger partial charge is 0.437 e. The SMILES string of the molecule is Cc1nc(Oc2ccc(C#N)cc2N)cc2n[nH]c(=O)n12. The van der Waals surface area contributed by atoms with Gasteiger partial charge < -0.3 is 10.5 Å². The Morgan fingerprint density at radius 2 is 2.24 bits per heavy atom. The number of nitrogens with zero attached hydrogens (tertiary/aromatic N) is 4. The van der Waals surface area contributed by atoms with Gasteiger partial charge in [0.1, 0.15) is 5.82 Å². The Bertz CT molecular complexity index is 934. The predicted molar refractivity (Wildman–Crippen MR) is 74.0 cm³/mol. The first-order valence-electron chi connectivity index (χ1n) is 6.01. The average molecular weight is 282 g/mol. The first kappa shape index (κ1) is 12.7. The summed E-state index contributed by atoms with van der Waals surface area (Å²) in [6, 6.07) is 8.20. The fourth-order valence-corrected chi connectivity index (χ4v) is 1.95. The third-order valence-electron chi connectivity index (χ3n) is 2.90. The zero-order valence-electron chi connectivity index (χ0n) is 11.0. The molecule has 2 heterocycles. The molecule has 0 aliphatic rings. The molecule has 0 radical (unpaired) electrons. The van der Waals surface area contributed by atoms with Gasteiger partial charge in [0.15, 0.2) is 11.4 Å². The van der Waals surface area contributed by atoms with Gasteiger partial charge in [0.05, 0.1) is 17.3 Å². The molecule has 0 bridgehead atoms. The lowest BCUT2D eigenvalue weighted by Gasteiger charge is -2.08. The molecule has 104 valence electrons. The third-order valence-corrected chi connectivity index (χ3v) is 2.90. The molecule has 0 fully saturated rings. The van der Waals surface area contributed by atoms with Gasteiger partial charge in [0.2, 0.25) is 5.88 Å². The quantitative estimate of drug-likeness (QED) is 0.675. The summed E-state index contributed by atoms with van der Waals surface area (Å²) in [5.74, 6) is 1.08. The van der Waals surface area contributed by atoms with E-state index >= 15 is 0 Å². The molecule has 3 rings (SSSR count). The van der Waals surface area contributed by atoms with E-state index in [0.717, 1.165) is 0 Å². The minimum Gasteiger partial charge on any atom is -0.437 e. The highest BCUT2D eigenvalue weighted by Crippen LogP contribution is 2.27. The van der Waals surface area contributed by atoms with Crippen molar-refractivity contribution in [3.05, 3.63) is 46.1 Å². The Morgan fingerprint density at radius 3 is 2.95 bits per heavy atom. The number of aromatic nitrogens is 4. The van der Waals surface area contributed by atoms with Crippen LogP contribution in [0.4, 0.5) is 5.69 Å². The summed E-state index contributed by atoms with van der Waals surface area (Å²) >= 11 is 0. The van der Waals surface area contributed by atoms with Gasteiger partial charge in [0, 0.05) is 6.07 Å². The van der Waals surface area contributed by atoms with Gasteiger partial charge in [-0.3, -0.25) is 0 Å². The predicted octanol–water partition coefficient (Wildman–Crippen LogP) is 0.972. The number of nitriles is 1. The molecule has 1 aromatic carbocycles. The smallest absolute Gasteiger partial charge is 0.349 e. The summed E-state index contributed by atoms with van der Waals surface area (Å²) in [6.07, 6.45) is 0. The monoisotopic (exact) mass is 282 g/mol. The highest BCUT2D eigenvalue weighted by Gasteiger charge is 2.10. The number of hydrogen-bond acceptors (Lipinski definition) is 6. The van der Waals surface area contributed by atoms with E-state index in [4.69, 9.17) is 15.7 Å². The van der Waals surface area contributed by atoms with Crippen LogP contribution in [-0.2, 0) is 0 Å². The van der Waals surface area contributed by atoms with Crippen LogP contribution in [0, 0.1) is 18.3 Å². The molecular weight excluding hydrogens is 272 g/mol. The van der Waals surface area contributed by atoms with Crippen molar-refractivity contribution in [2.24, 2.45) is 0 Å². The summed E-state index contributed by atoms with van der Waals surface area (Å²) in [4.78, 5) is 15.7. The summed E-state index contributed by atoms with van der Waals surface area (Å²) in [6.45, 7) is 1.67. The van der Waals surface area contributed by atoms with Crippen molar-refractivity contribution >= 4 is 11.3 Å². The molecule has 0 amide bonds. The van der Waals surface area contributed by atoms with Crippen LogP contribution in [-0.4, -0.2) is 19.6 Å². The van der Waals surface area contributed by atoms with Gasteiger partial charge in [-0.05, 0) is 25.1 Å². The lowest BCUT2D eigenvalue weighted by Crippen LogP contribution is -2.13. The van der Waals surface area contributed by atoms with Crippen LogP contribution in [0.2, 0.25) is 0 Å². The minimum absolute atomic E-state index is 0.260. The number of benzene rings is 1. The molecule has 0 aliphatic carbocycles. The van der Waals surface area contributed by atoms with Crippen molar-refractivity contribution in [1.29, 1.82) is 5.26 Å². The lowest BCUT2D eigenvalue weighted by atomic mass is 10.2. The van der Waals surface area contributed by atoms with Crippen molar-refractivity contribution in [3.63, 3.8) is 0 Å². The number of nitrogens with two attached hydrogens (primary N) is 1. The van der Waals surface area contributed by atoms with Gasteiger partial charge in [-0.15, -0.1) is 0 Å². The number of fused-ring (bicyclic) bond motifs is 1. The van der Waals surface area contributed by atoms with Gasteiger partial charge in [-0.25, -0.2) is 14.3 Å². The summed E-state index contributed by atoms with van der Waals surface area (Å²) < 4.78 is 6.92. The first-order valence-corrected chi connectivity index (χ1v) is 6.01. The molecule has 8 heteroatoms. The molecule has 8 nitrogen and oxygen atoms in total. The number of aryl methyl sites for hydroxylation is 1. The highest BCUT2D eigenvalue weighted by molar-refractivity contribution is 5.57. The zero-order valence-corrected chi connectivity index (χ0v) is 11.0. The maximum Gasteiger partial charge on any atom is 0.349 e. The molecule has 0 saturated carbocycles. The van der Waals surface area contributed by atoms with Crippen LogP contribution in [0.15, 0.2) is 29.1 Å². The number of anilines is 1. The van der Waals surface area contributed by atoms with Crippen molar-refractivity contribution < 1.29 is 4.74 Å². The molecular formula is C13H10N6O2. The molecule has 0 saturated heterocycles. The molecule has 0 spiro atoms. The van der Waals surface area contributed by atoms with E-state index in [1.807, 2.05) is 6.07 Å². The second-order valence-corrected chi connectivity index (χ2v) is 4.33. The number of nitrogens with one attached hydrogen (secondary N) is 1. The van der Waals surface area contributed by atoms with Gasteiger partial charge >= 0.3 is 5.69 Å². The Hall–Kier alpha value is -3.34. The molecule has 3 aromatic rings. The molecule has 0 unspecified atom stereocenters. The van der Waals surface area contributed by atoms with E-state index in [-0.39, 0.29) is 11.6 Å². The number of hydrogen-bond donors (Lipinski definition) is 2. The Labute approximate surface area is 118 Å². The Kier molecular flexibility index (Phi) is 2.80. The molecule has 0 atom stereocenters. The van der Waals surface area contributed by atoms with E-state index in [9.17, 15) is 4.79 Å². The molecule has 2 aromatic heterocycles. The van der Waals surface area contributed by atoms with Crippen LogP contribution in [0.5, 0.6) is 11.6 Å². The number of H-pyrrole nitrogens is 1. The molecule has 3 N–H and O–H groups in total. The van der Waals surface area contributed by atoms with E-state index in [1.54, 1.807) is 19.1 Å². The number of aromatic amines is 1. The van der Waals surface area contributed by atoms with E-state index in [2.05, 4.69) is 15.2 Å². The van der Waals surface area contributed by atoms with E-state index in [1.165, 1.54) is 16.5 Å². The van der Waals surface area contributed by atoms with Crippen LogP contribution in [0.25, 0.3) is 5.65 Å². The second kappa shape index (κ2) is 4.64. The van der Waals surface area contributed by atoms with Crippen LogP contribution in [0.1, 0.15) is 11.4 Å². The summed E-state index contributed by atoms with van der Waals surface area (Å²) in [7, 11) is 0. The van der Waals surface area contributed by atoms with Crippen molar-refractivity contribution in [3.8, 4) is 17.7 Å². The average Bonchev–Trinajstić information content (AvgIpc) is 2.83. The van der Waals surface area contributed by atoms with Gasteiger partial charge in [-0.1, -0.05) is 0 Å². The second-order valence-electron chi connectivity index (χ2n) is 4.33. The topological polar surface area (TPSA) is 122 Å². The number of rotatable bonds is 2. The van der Waals surface area contributed by atoms with Crippen molar-refractivity contribution in [1.82, 2.24) is 19.6 Å². The molecule has 0 aliphatic heterocycles. The summed E-state index contributed by atoms with van der Waals surface area (Å²) in [5.41, 5.74) is 6.62. The maximum absolute atomic E-state index is 11.5. The maximum atomic E-state index is 11.5. The van der Waals surface area contributed by atoms with Crippen molar-refractivity contribution in [2.45, 2.75) is 6.92 Å². The zero-order chi connectivity index (χ0) is 15.0. The normalized spacial score (nSPS) is 10.5. The van der Waals surface area contributed by atoms with E-state index in [0.29, 0.717) is 28.5 Å². The van der Waals surface area contributed by atoms with Crippen LogP contribution >= 0.6 is 0 Å². The van der Waals surface area contributed by atoms with Crippen LogP contribution in [0.3, 0.4) is 0 Å². The minimum atomic E-state index is -0.362. The van der Waals surface area contributed by atoms with Gasteiger partial charge in [-0.2, -0.15) is 15.3 Å². The fourth-order valence-electron chi connectivity index (χ4n) is 1.95. The van der Waals surface area contributed by atoms with Gasteiger partial charge in [0.25, 0.3) is 0 Å². The first-order chi connectivity index (χ1) is 10.1. The summed E-state index contributed by atoms with van der Waals surface area (Å²) in [5, 5.41) is 15.0. The molecule has 21 heavy (non-hydrogen) atoms. The standard InChI is InChI=1S/C13H10N6O2/c1-7-16-12(5-11-17-18-13(20)19(7)11)21-10-3-2-8(6-14)4-9(10)15/h2-5H,15H2,1H3,(H,18,20). The third kappa shape index (κ3) is 2.17. The Morgan fingerprint density at radius 1 is 1.43 bits per heavy atom.